The van der Waals surface area contributed by atoms with Gasteiger partial charge in [-0.15, -0.1) is 0 Å². The summed E-state index contributed by atoms with van der Waals surface area (Å²) in [5.74, 6) is 0.298. The molecule has 0 fully saturated rings. The maximum Gasteiger partial charge on any atom is 0.251 e. The summed E-state index contributed by atoms with van der Waals surface area (Å²) in [5.41, 5.74) is 1.56. The van der Waals surface area contributed by atoms with Crippen molar-refractivity contribution in [1.82, 2.24) is 10.0 Å². The standard InChI is InChI=1S/C21H25N3O3S/c1-16(2)20(17-7-4-3-5-8-17)15-23-21(25)18-9-11-19(12-10-18)28(26,27)24-14-6-13-22/h3-5,7-12,16,20,24H,6,14-15H2,1-2H3,(H,23,25). The van der Waals surface area contributed by atoms with Crippen LogP contribution in [0.2, 0.25) is 0 Å². The Morgan fingerprint density at radius 2 is 1.71 bits per heavy atom. The van der Waals surface area contributed by atoms with Gasteiger partial charge in [-0.05, 0) is 35.7 Å². The lowest BCUT2D eigenvalue weighted by atomic mass is 9.88. The molecule has 0 aromatic heterocycles. The van der Waals surface area contributed by atoms with Crippen molar-refractivity contribution in [3.05, 3.63) is 65.7 Å². The predicted octanol–water partition coefficient (Wildman–Crippen LogP) is 3.05. The van der Waals surface area contributed by atoms with Crippen molar-refractivity contribution < 1.29 is 13.2 Å². The third kappa shape index (κ3) is 5.91. The van der Waals surface area contributed by atoms with E-state index in [-0.39, 0.29) is 29.7 Å². The van der Waals surface area contributed by atoms with Crippen molar-refractivity contribution in [1.29, 1.82) is 5.26 Å². The molecular formula is C21H25N3O3S. The van der Waals surface area contributed by atoms with Gasteiger partial charge in [0, 0.05) is 31.0 Å². The zero-order chi connectivity index (χ0) is 20.6. The van der Waals surface area contributed by atoms with Gasteiger partial charge in [0.2, 0.25) is 10.0 Å². The van der Waals surface area contributed by atoms with Crippen LogP contribution in [0, 0.1) is 17.2 Å². The Labute approximate surface area is 166 Å². The highest BCUT2D eigenvalue weighted by Gasteiger charge is 2.18. The van der Waals surface area contributed by atoms with Gasteiger partial charge >= 0.3 is 0 Å². The first kappa shape index (κ1) is 21.6. The molecule has 2 N–H and O–H groups in total. The molecule has 1 unspecified atom stereocenters. The molecular weight excluding hydrogens is 374 g/mol. The second-order valence-electron chi connectivity index (χ2n) is 6.80. The summed E-state index contributed by atoms with van der Waals surface area (Å²) >= 11 is 0. The number of rotatable bonds is 9. The largest absolute Gasteiger partial charge is 0.351 e. The maximum absolute atomic E-state index is 12.5. The zero-order valence-electron chi connectivity index (χ0n) is 16.1. The van der Waals surface area contributed by atoms with Crippen LogP contribution < -0.4 is 10.0 Å². The number of nitrogens with zero attached hydrogens (tertiary/aromatic N) is 1. The van der Waals surface area contributed by atoms with Crippen LogP contribution in [0.15, 0.2) is 59.5 Å². The molecule has 0 aliphatic carbocycles. The van der Waals surface area contributed by atoms with Crippen LogP contribution in [-0.4, -0.2) is 27.4 Å². The van der Waals surface area contributed by atoms with Crippen LogP contribution in [-0.2, 0) is 10.0 Å². The second-order valence-corrected chi connectivity index (χ2v) is 8.57. The molecule has 0 saturated carbocycles. The van der Waals surface area contributed by atoms with E-state index < -0.39 is 10.0 Å². The third-order valence-corrected chi connectivity index (χ3v) is 5.95. The molecule has 28 heavy (non-hydrogen) atoms. The quantitative estimate of drug-likeness (QED) is 0.633. The Hall–Kier alpha value is -2.69. The van der Waals surface area contributed by atoms with Crippen molar-refractivity contribution in [3.8, 4) is 6.07 Å². The molecule has 0 spiro atoms. The first-order chi connectivity index (χ1) is 13.3. The van der Waals surface area contributed by atoms with Crippen LogP contribution in [0.3, 0.4) is 0 Å². The summed E-state index contributed by atoms with van der Waals surface area (Å²) in [4.78, 5) is 12.5. The number of hydrogen-bond donors (Lipinski definition) is 2. The van der Waals surface area contributed by atoms with E-state index >= 15 is 0 Å². The highest BCUT2D eigenvalue weighted by Crippen LogP contribution is 2.23. The fraction of sp³-hybridized carbons (Fsp3) is 0.333. The number of benzene rings is 2. The molecule has 1 atom stereocenters. The summed E-state index contributed by atoms with van der Waals surface area (Å²) in [6.07, 6.45) is 0.0954. The summed E-state index contributed by atoms with van der Waals surface area (Å²) in [5, 5.41) is 11.4. The van der Waals surface area contributed by atoms with Gasteiger partial charge in [-0.1, -0.05) is 44.2 Å². The molecule has 0 heterocycles. The number of carbonyl (C=O) groups is 1. The fourth-order valence-electron chi connectivity index (χ4n) is 2.85. The van der Waals surface area contributed by atoms with E-state index in [1.165, 1.54) is 29.8 Å². The van der Waals surface area contributed by atoms with E-state index in [1.54, 1.807) is 0 Å². The minimum absolute atomic E-state index is 0.0527. The number of nitrogens with one attached hydrogen (secondary N) is 2. The number of sulfonamides is 1. The fourth-order valence-corrected chi connectivity index (χ4v) is 3.89. The smallest absolute Gasteiger partial charge is 0.251 e. The lowest BCUT2D eigenvalue weighted by Crippen LogP contribution is -2.30. The van der Waals surface area contributed by atoms with Crippen molar-refractivity contribution in [2.45, 2.75) is 31.1 Å². The number of amides is 1. The lowest BCUT2D eigenvalue weighted by Gasteiger charge is -2.22. The van der Waals surface area contributed by atoms with Crippen LogP contribution in [0.4, 0.5) is 0 Å². The van der Waals surface area contributed by atoms with Gasteiger partial charge < -0.3 is 5.32 Å². The molecule has 0 aliphatic rings. The van der Waals surface area contributed by atoms with Gasteiger partial charge in [0.05, 0.1) is 11.0 Å². The second kappa shape index (κ2) is 10.0. The van der Waals surface area contributed by atoms with E-state index in [1.807, 2.05) is 24.3 Å². The monoisotopic (exact) mass is 399 g/mol. The summed E-state index contributed by atoms with van der Waals surface area (Å²) in [7, 11) is -3.68. The Bertz CT molecular complexity index is 918. The minimum Gasteiger partial charge on any atom is -0.351 e. The number of carbonyl (C=O) groups excluding carboxylic acids is 1. The Kier molecular flexibility index (Phi) is 7.73. The molecule has 148 valence electrons. The normalized spacial score (nSPS) is 12.4. The van der Waals surface area contributed by atoms with E-state index in [0.29, 0.717) is 18.0 Å². The van der Waals surface area contributed by atoms with E-state index in [9.17, 15) is 13.2 Å². The van der Waals surface area contributed by atoms with E-state index in [0.717, 1.165) is 0 Å². The van der Waals surface area contributed by atoms with Gasteiger partial charge in [0.1, 0.15) is 0 Å². The van der Waals surface area contributed by atoms with Gasteiger partial charge in [0.25, 0.3) is 5.91 Å². The Morgan fingerprint density at radius 3 is 2.29 bits per heavy atom. The molecule has 0 radical (unpaired) electrons. The van der Waals surface area contributed by atoms with Crippen molar-refractivity contribution >= 4 is 15.9 Å². The average molecular weight is 400 g/mol. The number of hydrogen-bond acceptors (Lipinski definition) is 4. The van der Waals surface area contributed by atoms with Crippen LogP contribution in [0.5, 0.6) is 0 Å². The van der Waals surface area contributed by atoms with Crippen LogP contribution in [0.1, 0.15) is 42.1 Å². The SMILES string of the molecule is CC(C)C(CNC(=O)c1ccc(S(=O)(=O)NCCC#N)cc1)c1ccccc1. The molecule has 1 amide bonds. The molecule has 2 aromatic carbocycles. The van der Waals surface area contributed by atoms with Crippen molar-refractivity contribution in [2.24, 2.45) is 5.92 Å². The Morgan fingerprint density at radius 1 is 1.07 bits per heavy atom. The molecule has 0 saturated heterocycles. The molecule has 2 aromatic rings. The predicted molar refractivity (Wildman–Crippen MR) is 108 cm³/mol. The van der Waals surface area contributed by atoms with Gasteiger partial charge in [-0.2, -0.15) is 5.26 Å². The van der Waals surface area contributed by atoms with Crippen molar-refractivity contribution in [3.63, 3.8) is 0 Å². The maximum atomic E-state index is 12.5. The lowest BCUT2D eigenvalue weighted by molar-refractivity contribution is 0.0949. The highest BCUT2D eigenvalue weighted by molar-refractivity contribution is 7.89. The number of nitriles is 1. The summed E-state index contributed by atoms with van der Waals surface area (Å²) < 4.78 is 26.6. The topological polar surface area (TPSA) is 99.1 Å². The highest BCUT2D eigenvalue weighted by atomic mass is 32.2. The summed E-state index contributed by atoms with van der Waals surface area (Å²) in [6.45, 7) is 4.78. The van der Waals surface area contributed by atoms with Crippen molar-refractivity contribution in [2.75, 3.05) is 13.1 Å². The first-order valence-corrected chi connectivity index (χ1v) is 10.6. The first-order valence-electron chi connectivity index (χ1n) is 9.15. The van der Waals surface area contributed by atoms with Gasteiger partial charge in [-0.3, -0.25) is 4.79 Å². The molecule has 6 nitrogen and oxygen atoms in total. The zero-order valence-corrected chi connectivity index (χ0v) is 16.9. The Balaban J connectivity index is 2.02. The van der Waals surface area contributed by atoms with Crippen LogP contribution in [0.25, 0.3) is 0 Å². The minimum atomic E-state index is -3.68. The van der Waals surface area contributed by atoms with E-state index in [2.05, 4.69) is 36.0 Å². The van der Waals surface area contributed by atoms with Gasteiger partial charge in [0.15, 0.2) is 0 Å². The van der Waals surface area contributed by atoms with E-state index in [4.69, 9.17) is 5.26 Å². The molecule has 0 aliphatic heterocycles. The molecule has 7 heteroatoms. The average Bonchev–Trinajstić information content (AvgIpc) is 2.69. The summed E-state index contributed by atoms with van der Waals surface area (Å²) in [6, 6.07) is 17.7. The van der Waals surface area contributed by atoms with Gasteiger partial charge in [-0.25, -0.2) is 13.1 Å². The molecule has 0 bridgehead atoms. The molecule has 2 rings (SSSR count). The van der Waals surface area contributed by atoms with Crippen LogP contribution >= 0.6 is 0 Å². The third-order valence-electron chi connectivity index (χ3n) is 4.47.